The van der Waals surface area contributed by atoms with Crippen molar-refractivity contribution in [1.29, 1.82) is 0 Å². The standard InChI is InChI=1S/C14H23NO3/c1-14(2,3)18-13(17)15-9-8-12(16)10-11-6-4-5-7-11/h6H,4-5,7-10H2,1-3H3,(H,15,17). The van der Waals surface area contributed by atoms with Crippen LogP contribution in [0.1, 0.15) is 52.9 Å². The lowest BCUT2D eigenvalue weighted by atomic mass is 10.1. The van der Waals surface area contributed by atoms with Gasteiger partial charge in [-0.2, -0.15) is 0 Å². The predicted molar refractivity (Wildman–Crippen MR) is 70.4 cm³/mol. The fourth-order valence-electron chi connectivity index (χ4n) is 1.86. The smallest absolute Gasteiger partial charge is 0.407 e. The maximum atomic E-state index is 11.6. The van der Waals surface area contributed by atoms with E-state index in [1.54, 1.807) is 0 Å². The van der Waals surface area contributed by atoms with Crippen LogP contribution in [-0.4, -0.2) is 24.0 Å². The van der Waals surface area contributed by atoms with Crippen molar-refractivity contribution in [3.05, 3.63) is 11.6 Å². The van der Waals surface area contributed by atoms with E-state index in [1.165, 1.54) is 12.0 Å². The molecule has 0 radical (unpaired) electrons. The number of hydrogen-bond donors (Lipinski definition) is 1. The third-order valence-electron chi connectivity index (χ3n) is 2.63. The van der Waals surface area contributed by atoms with E-state index < -0.39 is 11.7 Å². The van der Waals surface area contributed by atoms with Gasteiger partial charge >= 0.3 is 6.09 Å². The first-order chi connectivity index (χ1) is 8.37. The highest BCUT2D eigenvalue weighted by Gasteiger charge is 2.16. The van der Waals surface area contributed by atoms with E-state index in [4.69, 9.17) is 4.74 Å². The van der Waals surface area contributed by atoms with E-state index >= 15 is 0 Å². The van der Waals surface area contributed by atoms with Crippen LogP contribution in [0.4, 0.5) is 4.79 Å². The molecular formula is C14H23NO3. The molecule has 0 heterocycles. The van der Waals surface area contributed by atoms with E-state index in [-0.39, 0.29) is 5.78 Å². The summed E-state index contributed by atoms with van der Waals surface area (Å²) in [5.74, 6) is 0.180. The zero-order valence-electron chi connectivity index (χ0n) is 11.5. The SMILES string of the molecule is CC(C)(C)OC(=O)NCCC(=O)CC1=CCCC1. The van der Waals surface area contributed by atoms with Crippen molar-refractivity contribution in [3.63, 3.8) is 0 Å². The number of ether oxygens (including phenoxy) is 1. The molecule has 0 atom stereocenters. The van der Waals surface area contributed by atoms with Gasteiger partial charge in [0.05, 0.1) is 0 Å². The average molecular weight is 253 g/mol. The van der Waals surface area contributed by atoms with Crippen LogP contribution in [0.3, 0.4) is 0 Å². The van der Waals surface area contributed by atoms with Gasteiger partial charge in [-0.15, -0.1) is 0 Å². The van der Waals surface area contributed by atoms with Gasteiger partial charge in [0.2, 0.25) is 0 Å². The van der Waals surface area contributed by atoms with Gasteiger partial charge < -0.3 is 10.1 Å². The van der Waals surface area contributed by atoms with Gasteiger partial charge in [0, 0.05) is 19.4 Å². The monoisotopic (exact) mass is 253 g/mol. The Balaban J connectivity index is 2.13. The highest BCUT2D eigenvalue weighted by atomic mass is 16.6. The molecule has 0 fully saturated rings. The predicted octanol–water partition coefficient (Wildman–Crippen LogP) is 2.97. The van der Waals surface area contributed by atoms with Crippen LogP contribution in [0, 0.1) is 0 Å². The number of carbonyl (C=O) groups is 2. The molecule has 0 bridgehead atoms. The second-order valence-corrected chi connectivity index (χ2v) is 5.65. The zero-order valence-corrected chi connectivity index (χ0v) is 11.5. The van der Waals surface area contributed by atoms with Crippen molar-refractivity contribution < 1.29 is 14.3 Å². The van der Waals surface area contributed by atoms with E-state index in [9.17, 15) is 9.59 Å². The molecule has 1 aliphatic rings. The van der Waals surface area contributed by atoms with Gasteiger partial charge in [0.25, 0.3) is 0 Å². The molecule has 1 N–H and O–H groups in total. The Bertz CT molecular complexity index is 339. The molecule has 102 valence electrons. The Kier molecular flexibility index (Phi) is 5.38. The molecule has 1 rings (SSSR count). The molecule has 0 unspecified atom stereocenters. The Morgan fingerprint density at radius 3 is 2.67 bits per heavy atom. The van der Waals surface area contributed by atoms with Crippen LogP contribution in [0.5, 0.6) is 0 Å². The van der Waals surface area contributed by atoms with Crippen molar-refractivity contribution >= 4 is 11.9 Å². The van der Waals surface area contributed by atoms with E-state index in [2.05, 4.69) is 11.4 Å². The molecular weight excluding hydrogens is 230 g/mol. The first kappa shape index (κ1) is 14.7. The molecule has 4 heteroatoms. The zero-order chi connectivity index (χ0) is 13.6. The lowest BCUT2D eigenvalue weighted by Gasteiger charge is -2.19. The maximum Gasteiger partial charge on any atom is 0.407 e. The van der Waals surface area contributed by atoms with Gasteiger partial charge in [-0.25, -0.2) is 4.79 Å². The number of allylic oxidation sites excluding steroid dienone is 2. The van der Waals surface area contributed by atoms with Gasteiger partial charge in [0.1, 0.15) is 11.4 Å². The van der Waals surface area contributed by atoms with Crippen LogP contribution < -0.4 is 5.32 Å². The summed E-state index contributed by atoms with van der Waals surface area (Å²) in [5, 5.41) is 2.59. The third kappa shape index (κ3) is 6.42. The minimum absolute atomic E-state index is 0.180. The summed E-state index contributed by atoms with van der Waals surface area (Å²) >= 11 is 0. The van der Waals surface area contributed by atoms with Crippen LogP contribution in [0.2, 0.25) is 0 Å². The normalized spacial score (nSPS) is 15.2. The number of alkyl carbamates (subject to hydrolysis) is 1. The van der Waals surface area contributed by atoms with Crippen molar-refractivity contribution in [2.24, 2.45) is 0 Å². The molecule has 0 saturated heterocycles. The summed E-state index contributed by atoms with van der Waals surface area (Å²) in [6, 6.07) is 0. The summed E-state index contributed by atoms with van der Waals surface area (Å²) in [6.07, 6.45) is 5.91. The number of Topliss-reactive ketones (excluding diaryl/α,β-unsaturated/α-hetero) is 1. The lowest BCUT2D eigenvalue weighted by Crippen LogP contribution is -2.33. The molecule has 0 aromatic carbocycles. The van der Waals surface area contributed by atoms with E-state index in [0.29, 0.717) is 19.4 Å². The minimum atomic E-state index is -0.497. The first-order valence-corrected chi connectivity index (χ1v) is 6.53. The largest absolute Gasteiger partial charge is 0.444 e. The molecule has 0 aliphatic heterocycles. The Morgan fingerprint density at radius 1 is 1.39 bits per heavy atom. The molecule has 1 aliphatic carbocycles. The number of amides is 1. The van der Waals surface area contributed by atoms with Gasteiger partial charge in [-0.3, -0.25) is 4.79 Å². The summed E-state index contributed by atoms with van der Waals surface area (Å²) in [7, 11) is 0. The van der Waals surface area contributed by atoms with Crippen LogP contribution >= 0.6 is 0 Å². The lowest BCUT2D eigenvalue weighted by molar-refractivity contribution is -0.118. The Morgan fingerprint density at radius 2 is 2.11 bits per heavy atom. The third-order valence-corrected chi connectivity index (χ3v) is 2.63. The molecule has 0 aromatic heterocycles. The van der Waals surface area contributed by atoms with Gasteiger partial charge in [0.15, 0.2) is 0 Å². The number of nitrogens with one attached hydrogen (secondary N) is 1. The number of ketones is 1. The fourth-order valence-corrected chi connectivity index (χ4v) is 1.86. The topological polar surface area (TPSA) is 55.4 Å². The number of rotatable bonds is 5. The Hall–Kier alpha value is -1.32. The summed E-state index contributed by atoms with van der Waals surface area (Å²) in [6.45, 7) is 5.78. The molecule has 0 saturated carbocycles. The Labute approximate surface area is 109 Å². The van der Waals surface area contributed by atoms with E-state index in [0.717, 1.165) is 12.8 Å². The number of hydrogen-bond acceptors (Lipinski definition) is 3. The molecule has 1 amide bonds. The molecule has 0 aromatic rings. The van der Waals surface area contributed by atoms with Crippen molar-refractivity contribution in [3.8, 4) is 0 Å². The maximum absolute atomic E-state index is 11.6. The van der Waals surface area contributed by atoms with Crippen LogP contribution in [-0.2, 0) is 9.53 Å². The second-order valence-electron chi connectivity index (χ2n) is 5.65. The van der Waals surface area contributed by atoms with Gasteiger partial charge in [-0.1, -0.05) is 11.6 Å². The van der Waals surface area contributed by atoms with Crippen LogP contribution in [0.25, 0.3) is 0 Å². The summed E-state index contributed by atoms with van der Waals surface area (Å²) in [4.78, 5) is 23.0. The summed E-state index contributed by atoms with van der Waals surface area (Å²) in [5.41, 5.74) is 0.750. The van der Waals surface area contributed by atoms with Crippen molar-refractivity contribution in [2.75, 3.05) is 6.54 Å². The van der Waals surface area contributed by atoms with Crippen molar-refractivity contribution in [1.82, 2.24) is 5.32 Å². The molecule has 4 nitrogen and oxygen atoms in total. The highest BCUT2D eigenvalue weighted by molar-refractivity contribution is 5.81. The highest BCUT2D eigenvalue weighted by Crippen LogP contribution is 2.20. The summed E-state index contributed by atoms with van der Waals surface area (Å²) < 4.78 is 5.08. The fraction of sp³-hybridized carbons (Fsp3) is 0.714. The van der Waals surface area contributed by atoms with Crippen molar-refractivity contribution in [2.45, 2.75) is 58.5 Å². The quantitative estimate of drug-likeness (QED) is 0.766. The second kappa shape index (κ2) is 6.57. The number of carbonyl (C=O) groups excluding carboxylic acids is 2. The van der Waals surface area contributed by atoms with Crippen LogP contribution in [0.15, 0.2) is 11.6 Å². The average Bonchev–Trinajstić information content (AvgIpc) is 2.67. The van der Waals surface area contributed by atoms with E-state index in [1.807, 2.05) is 20.8 Å². The minimum Gasteiger partial charge on any atom is -0.444 e. The van der Waals surface area contributed by atoms with Gasteiger partial charge in [-0.05, 0) is 40.0 Å². The molecule has 18 heavy (non-hydrogen) atoms. The molecule has 0 spiro atoms. The first-order valence-electron chi connectivity index (χ1n) is 6.53.